The topological polar surface area (TPSA) is 176 Å². The van der Waals surface area contributed by atoms with Crippen molar-refractivity contribution >= 4 is 54.3 Å². The maximum Gasteiger partial charge on any atom is 0.322 e. The van der Waals surface area contributed by atoms with Gasteiger partial charge in [0.2, 0.25) is 5.91 Å². The number of unbranched alkanes of at least 4 members (excludes halogenated alkanes) is 3. The van der Waals surface area contributed by atoms with Crippen LogP contribution in [0, 0.1) is 22.2 Å². The van der Waals surface area contributed by atoms with Gasteiger partial charge >= 0.3 is 11.9 Å². The Morgan fingerprint density at radius 3 is 2.38 bits per heavy atom. The predicted molar refractivity (Wildman–Crippen MR) is 212 cm³/mol. The number of esters is 2. The molecule has 1 aromatic rings. The highest BCUT2D eigenvalue weighted by atomic mass is 32.2. The molecule has 0 aliphatic carbocycles. The van der Waals surface area contributed by atoms with Crippen molar-refractivity contribution in [3.8, 4) is 6.07 Å². The van der Waals surface area contributed by atoms with Crippen LogP contribution in [0.3, 0.4) is 0 Å². The Bertz CT molecular complexity index is 1400. The van der Waals surface area contributed by atoms with Gasteiger partial charge in [-0.2, -0.15) is 5.26 Å². The summed E-state index contributed by atoms with van der Waals surface area (Å²) in [5, 5.41) is 17.0. The lowest BCUT2D eigenvalue weighted by molar-refractivity contribution is -0.159. The molecule has 1 aromatic carbocycles. The number of benzene rings is 1. The van der Waals surface area contributed by atoms with Gasteiger partial charge in [0.1, 0.15) is 17.5 Å². The molecule has 15 heteroatoms. The van der Waals surface area contributed by atoms with E-state index in [0.29, 0.717) is 30.3 Å². The van der Waals surface area contributed by atoms with Crippen molar-refractivity contribution in [2.24, 2.45) is 15.9 Å². The molecule has 290 valence electrons. The summed E-state index contributed by atoms with van der Waals surface area (Å²) in [6.45, 7) is 11.1. The van der Waals surface area contributed by atoms with Crippen molar-refractivity contribution < 1.29 is 33.0 Å². The molecular weight excluding hydrogens is 719 g/mol. The molecule has 0 spiro atoms. The van der Waals surface area contributed by atoms with Gasteiger partial charge in [0.25, 0.3) is 0 Å². The lowest BCUT2D eigenvalue weighted by atomic mass is 9.68. The van der Waals surface area contributed by atoms with Crippen LogP contribution in [0.25, 0.3) is 10.4 Å². The third-order valence-corrected chi connectivity index (χ3v) is 13.3. The van der Waals surface area contributed by atoms with Crippen LogP contribution in [0.4, 0.5) is 0 Å². The zero-order chi connectivity index (χ0) is 38.0. The zero-order valence-electron chi connectivity index (χ0n) is 31.0. The molecule has 1 saturated heterocycles. The Kier molecular flexibility index (Phi) is 20.7. The summed E-state index contributed by atoms with van der Waals surface area (Å²) >= 11 is 6.94. The number of nitrogens with zero attached hydrogens (tertiary/aromatic N) is 4. The van der Waals surface area contributed by atoms with Crippen LogP contribution >= 0.6 is 24.0 Å². The summed E-state index contributed by atoms with van der Waals surface area (Å²) < 4.78 is 21.5. The lowest BCUT2D eigenvalue weighted by Gasteiger charge is -2.39. The lowest BCUT2D eigenvalue weighted by Crippen LogP contribution is -2.46. The fourth-order valence-corrected chi connectivity index (χ4v) is 8.93. The highest BCUT2D eigenvalue weighted by Gasteiger charge is 2.51. The molecule has 0 radical (unpaired) electrons. The van der Waals surface area contributed by atoms with E-state index in [1.54, 1.807) is 27.9 Å². The van der Waals surface area contributed by atoms with Crippen molar-refractivity contribution in [2.45, 2.75) is 116 Å². The summed E-state index contributed by atoms with van der Waals surface area (Å²) in [5.74, 6) is -1.25. The normalized spacial score (nSPS) is 17.0. The molecule has 1 fully saturated rings. The second-order valence-corrected chi connectivity index (χ2v) is 21.2. The first-order valence-corrected chi connectivity index (χ1v) is 21.9. The fourth-order valence-electron chi connectivity index (χ4n) is 5.81. The molecule has 1 aliphatic rings. The van der Waals surface area contributed by atoms with Crippen molar-refractivity contribution in [1.29, 1.82) is 5.26 Å². The van der Waals surface area contributed by atoms with Crippen molar-refractivity contribution in [2.75, 3.05) is 40.0 Å². The van der Waals surface area contributed by atoms with Crippen LogP contribution in [0.1, 0.15) is 91.5 Å². The van der Waals surface area contributed by atoms with Crippen LogP contribution in [-0.4, -0.2) is 81.2 Å². The second kappa shape index (κ2) is 22.9. The highest BCUT2D eigenvalue weighted by molar-refractivity contribution is 8.25. The number of hydrogen-bond donors (Lipinski definition) is 1. The number of nitrogens with one attached hydrogen (secondary N) is 1. The maximum atomic E-state index is 14.1. The third kappa shape index (κ3) is 17.2. The Labute approximate surface area is 321 Å². The van der Waals surface area contributed by atoms with Gasteiger partial charge in [-0.3, -0.25) is 14.4 Å². The highest BCUT2D eigenvalue weighted by Crippen LogP contribution is 2.47. The molecule has 1 N–H and O–H groups in total. The average molecular weight is 778 g/mol. The van der Waals surface area contributed by atoms with E-state index in [1.165, 1.54) is 0 Å². The predicted octanol–water partition coefficient (Wildman–Crippen LogP) is 8.30. The van der Waals surface area contributed by atoms with Crippen LogP contribution in [0.15, 0.2) is 35.4 Å². The van der Waals surface area contributed by atoms with Crippen LogP contribution < -0.4 is 5.32 Å². The SMILES string of the molecule is C.CO[Si](C)(C)CCCNC(=O)CCC(C)(C#N)CC(C)(CC(C)(SC(=S)c1ccccc1)C(=O)OCC1CO1)C(=O)OCCCCCCN=[N+]=[N-]. The molecule has 0 aromatic heterocycles. The number of azide groups is 1. The molecule has 0 saturated carbocycles. The number of ether oxygens (including phenoxy) is 3. The Morgan fingerprint density at radius 2 is 1.77 bits per heavy atom. The number of epoxide rings is 1. The van der Waals surface area contributed by atoms with E-state index in [4.69, 9.17) is 36.4 Å². The Morgan fingerprint density at radius 1 is 1.10 bits per heavy atom. The summed E-state index contributed by atoms with van der Waals surface area (Å²) in [4.78, 5) is 43.6. The molecule has 1 aliphatic heterocycles. The number of thioether (sulfide) groups is 1. The van der Waals surface area contributed by atoms with E-state index in [0.717, 1.165) is 49.1 Å². The van der Waals surface area contributed by atoms with Gasteiger partial charge in [-0.25, -0.2) is 0 Å². The number of hydrogen-bond acceptors (Lipinski definition) is 11. The number of carbonyl (C=O) groups excluding carboxylic acids is 3. The molecule has 1 amide bonds. The summed E-state index contributed by atoms with van der Waals surface area (Å²) in [6, 6.07) is 12.6. The van der Waals surface area contributed by atoms with Crippen molar-refractivity contribution in [3.05, 3.63) is 46.3 Å². The maximum absolute atomic E-state index is 14.1. The van der Waals surface area contributed by atoms with E-state index in [-0.39, 0.29) is 58.3 Å². The van der Waals surface area contributed by atoms with E-state index in [9.17, 15) is 19.6 Å². The second-order valence-electron chi connectivity index (χ2n) is 14.5. The Hall–Kier alpha value is -2.99. The smallest absolute Gasteiger partial charge is 0.322 e. The van der Waals surface area contributed by atoms with E-state index < -0.39 is 35.8 Å². The molecule has 2 rings (SSSR count). The van der Waals surface area contributed by atoms with E-state index in [1.807, 2.05) is 30.3 Å². The van der Waals surface area contributed by atoms with Crippen molar-refractivity contribution in [3.63, 3.8) is 0 Å². The first-order valence-electron chi connectivity index (χ1n) is 17.6. The first kappa shape index (κ1) is 47.0. The van der Waals surface area contributed by atoms with Gasteiger partial charge < -0.3 is 24.0 Å². The van der Waals surface area contributed by atoms with Gasteiger partial charge in [0.05, 0.1) is 34.3 Å². The minimum Gasteiger partial charge on any atom is -0.465 e. The first-order chi connectivity index (χ1) is 24.1. The zero-order valence-corrected chi connectivity index (χ0v) is 33.7. The Balaban J connectivity index is 0.0000135. The number of nitriles is 1. The minimum absolute atomic E-state index is 0. The van der Waals surface area contributed by atoms with Crippen LogP contribution in [-0.2, 0) is 33.0 Å². The molecular formula is C37H59N5O7S2Si. The molecule has 4 atom stereocenters. The van der Waals surface area contributed by atoms with Crippen LogP contribution in [0.2, 0.25) is 19.1 Å². The summed E-state index contributed by atoms with van der Waals surface area (Å²) in [6.07, 6.45) is 3.89. The molecule has 0 bridgehead atoms. The number of rotatable bonds is 25. The van der Waals surface area contributed by atoms with Gasteiger partial charge in [-0.1, -0.05) is 79.7 Å². The quantitative estimate of drug-likeness (QED) is 0.0149. The molecule has 4 unspecified atom stereocenters. The van der Waals surface area contributed by atoms with Crippen molar-refractivity contribution in [1.82, 2.24) is 5.32 Å². The fraction of sp³-hybridized carbons (Fsp3) is 0.703. The molecule has 1 heterocycles. The minimum atomic E-state index is -1.73. The number of thiocarbonyl (C=S) groups is 1. The standard InChI is InChI=1S/C36H55N5O7S2Si.CH4/c1-34(27-37,18-17-30(42)39-19-14-22-51(5,6)45-4)25-35(2,32(43)46-21-13-8-7-12-20-40-41-38)26-36(3,33(44)48-24-29-23-47-29)50-31(49)28-15-10-9-11-16-28;/h9-11,15-16,29H,7-8,12-14,17-26H2,1-6H3,(H,39,42);1H4. The van der Waals surface area contributed by atoms with E-state index >= 15 is 0 Å². The van der Waals surface area contributed by atoms with Crippen LogP contribution in [0.5, 0.6) is 0 Å². The van der Waals surface area contributed by atoms with E-state index in [2.05, 4.69) is 34.5 Å². The molecule has 12 nitrogen and oxygen atoms in total. The van der Waals surface area contributed by atoms with Gasteiger partial charge in [-0.05, 0) is 89.5 Å². The molecule has 52 heavy (non-hydrogen) atoms. The average Bonchev–Trinajstić information content (AvgIpc) is 3.94. The third-order valence-electron chi connectivity index (χ3n) is 9.02. The number of carbonyl (C=O) groups is 3. The summed E-state index contributed by atoms with van der Waals surface area (Å²) in [5.41, 5.74) is 6.80. The van der Waals surface area contributed by atoms with Gasteiger partial charge in [-0.15, -0.1) is 0 Å². The largest absolute Gasteiger partial charge is 0.465 e. The monoisotopic (exact) mass is 777 g/mol. The summed E-state index contributed by atoms with van der Waals surface area (Å²) in [7, 11) is -0.0104. The number of amides is 1. The van der Waals surface area contributed by atoms with Gasteiger partial charge in [0.15, 0.2) is 8.32 Å². The van der Waals surface area contributed by atoms with Gasteiger partial charge in [0, 0.05) is 31.5 Å².